The Hall–Kier alpha value is -1.20. The van der Waals surface area contributed by atoms with Gasteiger partial charge in [0, 0.05) is 5.71 Å². The average Bonchev–Trinajstić information content (AvgIpc) is 2.15. The van der Waals surface area contributed by atoms with Gasteiger partial charge in [-0.3, -0.25) is 5.32 Å². The molecule has 0 aromatic rings. The van der Waals surface area contributed by atoms with Gasteiger partial charge in [-0.2, -0.15) is 0 Å². The van der Waals surface area contributed by atoms with E-state index in [1.807, 2.05) is 20.8 Å². The Morgan fingerprint density at radius 3 is 2.87 bits per heavy atom. The fourth-order valence-corrected chi connectivity index (χ4v) is 1.60. The van der Waals surface area contributed by atoms with Gasteiger partial charge in [-0.15, -0.1) is 0 Å². The van der Waals surface area contributed by atoms with E-state index < -0.39 is 11.3 Å². The van der Waals surface area contributed by atoms with E-state index in [9.17, 15) is 0 Å². The maximum Gasteiger partial charge on any atom is 0.209 e. The van der Waals surface area contributed by atoms with Crippen LogP contribution in [0.5, 0.6) is 0 Å². The van der Waals surface area contributed by atoms with Gasteiger partial charge in [0.05, 0.1) is 0 Å². The topological polar surface area (TPSA) is 74.8 Å². The quantitative estimate of drug-likeness (QED) is 0.579. The van der Waals surface area contributed by atoms with Crippen LogP contribution in [0.1, 0.15) is 20.8 Å². The third-order valence-corrected chi connectivity index (χ3v) is 2.75. The van der Waals surface area contributed by atoms with Crippen molar-refractivity contribution in [2.75, 3.05) is 6.54 Å². The summed E-state index contributed by atoms with van der Waals surface area (Å²) in [5.41, 5.74) is 6.39. The lowest BCUT2D eigenvalue weighted by Gasteiger charge is -2.45. The molecule has 4 N–H and O–H groups in total. The number of rotatable bonds is 4. The van der Waals surface area contributed by atoms with E-state index in [2.05, 4.69) is 27.2 Å². The van der Waals surface area contributed by atoms with E-state index >= 15 is 0 Å². The van der Waals surface area contributed by atoms with E-state index in [-0.39, 0.29) is 0 Å². The summed E-state index contributed by atoms with van der Waals surface area (Å²) in [6.07, 6.45) is 3.10. The second-order valence-electron chi connectivity index (χ2n) is 3.75. The molecule has 1 aliphatic heterocycles. The van der Waals surface area contributed by atoms with Gasteiger partial charge in [0.25, 0.3) is 0 Å². The van der Waals surface area contributed by atoms with Crippen molar-refractivity contribution in [1.82, 2.24) is 10.6 Å². The third kappa shape index (κ3) is 1.80. The predicted octanol–water partition coefficient (Wildman–Crippen LogP) is 0.203. The number of likely N-dealkylation sites (N-methyl/N-ethyl adjacent to an activating group) is 1. The summed E-state index contributed by atoms with van der Waals surface area (Å²) in [7, 11) is 0. The van der Waals surface area contributed by atoms with Crippen LogP contribution in [-0.2, 0) is 0 Å². The van der Waals surface area contributed by atoms with Crippen LogP contribution in [0.15, 0.2) is 22.8 Å². The van der Waals surface area contributed by atoms with Crippen LogP contribution >= 0.6 is 0 Å². The second-order valence-corrected chi connectivity index (χ2v) is 3.75. The van der Waals surface area contributed by atoms with Gasteiger partial charge in [0.2, 0.25) is 5.79 Å². The van der Waals surface area contributed by atoms with E-state index in [0.29, 0.717) is 0 Å². The lowest BCUT2D eigenvalue weighted by Crippen LogP contribution is -2.75. The molecule has 15 heavy (non-hydrogen) atoms. The Kier molecular flexibility index (Phi) is 3.26. The summed E-state index contributed by atoms with van der Waals surface area (Å²) in [5, 5.41) is 6.30. The zero-order valence-electron chi connectivity index (χ0n) is 9.54. The van der Waals surface area contributed by atoms with Crippen molar-refractivity contribution in [2.24, 2.45) is 15.7 Å². The SMILES string of the molecule is C=CNC1(NCC)N=CN=C(C)C1(C)N. The molecule has 0 amide bonds. The maximum atomic E-state index is 6.26. The lowest BCUT2D eigenvalue weighted by molar-refractivity contribution is 0.217. The van der Waals surface area contributed by atoms with Crippen LogP contribution in [0.25, 0.3) is 0 Å². The molecule has 0 saturated heterocycles. The van der Waals surface area contributed by atoms with Gasteiger partial charge in [-0.05, 0) is 26.6 Å². The molecule has 2 atom stereocenters. The molecule has 0 saturated carbocycles. The van der Waals surface area contributed by atoms with Gasteiger partial charge < -0.3 is 11.1 Å². The molecule has 5 nitrogen and oxygen atoms in total. The molecule has 0 bridgehead atoms. The second kappa shape index (κ2) is 4.12. The smallest absolute Gasteiger partial charge is 0.209 e. The fraction of sp³-hybridized carbons (Fsp3) is 0.600. The number of hydrogen-bond donors (Lipinski definition) is 3. The Bertz CT molecular complexity index is 305. The van der Waals surface area contributed by atoms with Gasteiger partial charge in [-0.1, -0.05) is 13.5 Å². The largest absolute Gasteiger partial charge is 0.354 e. The zero-order valence-corrected chi connectivity index (χ0v) is 9.54. The van der Waals surface area contributed by atoms with Crippen LogP contribution in [-0.4, -0.2) is 29.9 Å². The van der Waals surface area contributed by atoms with E-state index in [1.165, 1.54) is 6.34 Å². The van der Waals surface area contributed by atoms with Gasteiger partial charge in [0.15, 0.2) is 0 Å². The van der Waals surface area contributed by atoms with Crippen molar-refractivity contribution in [3.05, 3.63) is 12.8 Å². The standard InChI is InChI=1S/C10H19N5/c1-5-13-10(14-6-2)9(4,11)8(3)12-7-15-10/h5,7,13-14H,1,6,11H2,2-4H3. The Morgan fingerprint density at radius 1 is 1.67 bits per heavy atom. The van der Waals surface area contributed by atoms with Gasteiger partial charge in [0.1, 0.15) is 11.9 Å². The van der Waals surface area contributed by atoms with Gasteiger partial charge >= 0.3 is 0 Å². The molecule has 0 radical (unpaired) electrons. The minimum Gasteiger partial charge on any atom is -0.354 e. The first-order chi connectivity index (χ1) is 7.00. The summed E-state index contributed by atoms with van der Waals surface area (Å²) >= 11 is 0. The lowest BCUT2D eigenvalue weighted by atomic mass is 9.88. The molecule has 1 rings (SSSR count). The summed E-state index contributed by atoms with van der Waals surface area (Å²) in [6, 6.07) is 0. The molecule has 0 aliphatic carbocycles. The number of nitrogens with two attached hydrogens (primary N) is 1. The third-order valence-electron chi connectivity index (χ3n) is 2.75. The molecular formula is C10H19N5. The monoisotopic (exact) mass is 209 g/mol. The molecule has 2 unspecified atom stereocenters. The summed E-state index contributed by atoms with van der Waals surface area (Å²) in [4.78, 5) is 8.44. The molecule has 0 spiro atoms. The molecule has 0 fully saturated rings. The number of hydrogen-bond acceptors (Lipinski definition) is 5. The fourth-order valence-electron chi connectivity index (χ4n) is 1.60. The first kappa shape index (κ1) is 11.9. The molecule has 5 heteroatoms. The van der Waals surface area contributed by atoms with Crippen LogP contribution in [0.4, 0.5) is 0 Å². The normalized spacial score (nSPS) is 34.8. The van der Waals surface area contributed by atoms with Crippen molar-refractivity contribution in [3.63, 3.8) is 0 Å². The van der Waals surface area contributed by atoms with Crippen LogP contribution < -0.4 is 16.4 Å². The zero-order chi connectivity index (χ0) is 11.5. The van der Waals surface area contributed by atoms with Crippen molar-refractivity contribution in [2.45, 2.75) is 32.1 Å². The molecule has 1 heterocycles. The highest BCUT2D eigenvalue weighted by molar-refractivity contribution is 5.98. The molecule has 0 aromatic carbocycles. The summed E-state index contributed by atoms with van der Waals surface area (Å²) < 4.78 is 0. The molecule has 1 aliphatic rings. The average molecular weight is 209 g/mol. The summed E-state index contributed by atoms with van der Waals surface area (Å²) in [5.74, 6) is -0.755. The minimum absolute atomic E-state index is 0.689. The van der Waals surface area contributed by atoms with Crippen molar-refractivity contribution < 1.29 is 0 Å². The van der Waals surface area contributed by atoms with E-state index in [4.69, 9.17) is 5.73 Å². The number of nitrogens with one attached hydrogen (secondary N) is 2. The first-order valence-electron chi connectivity index (χ1n) is 5.01. The maximum absolute atomic E-state index is 6.26. The van der Waals surface area contributed by atoms with Crippen LogP contribution in [0.3, 0.4) is 0 Å². The predicted molar refractivity (Wildman–Crippen MR) is 63.9 cm³/mol. The molecule has 84 valence electrons. The minimum atomic E-state index is -0.755. The molecule has 0 aromatic heterocycles. The molecular weight excluding hydrogens is 190 g/mol. The van der Waals surface area contributed by atoms with Crippen LogP contribution in [0.2, 0.25) is 0 Å². The van der Waals surface area contributed by atoms with Crippen LogP contribution in [0, 0.1) is 0 Å². The van der Waals surface area contributed by atoms with E-state index in [1.54, 1.807) is 6.20 Å². The Labute approximate surface area is 90.6 Å². The first-order valence-corrected chi connectivity index (χ1v) is 5.01. The Morgan fingerprint density at radius 2 is 2.33 bits per heavy atom. The van der Waals surface area contributed by atoms with Crippen molar-refractivity contribution in [1.29, 1.82) is 0 Å². The van der Waals surface area contributed by atoms with Crippen molar-refractivity contribution in [3.8, 4) is 0 Å². The Balaban J connectivity index is 3.12. The summed E-state index contributed by atoms with van der Waals surface area (Å²) in [6.45, 7) is 10.2. The number of nitrogens with zero attached hydrogens (tertiary/aromatic N) is 2. The highest BCUT2D eigenvalue weighted by atomic mass is 15.4. The van der Waals surface area contributed by atoms with Crippen molar-refractivity contribution >= 4 is 12.1 Å². The van der Waals surface area contributed by atoms with Gasteiger partial charge in [-0.25, -0.2) is 9.98 Å². The van der Waals surface area contributed by atoms with E-state index in [0.717, 1.165) is 12.3 Å². The highest BCUT2D eigenvalue weighted by Gasteiger charge is 2.48. The highest BCUT2D eigenvalue weighted by Crippen LogP contribution is 2.23. The number of aliphatic imine (C=N–C) groups is 2.